The summed E-state index contributed by atoms with van der Waals surface area (Å²) in [5.74, 6) is 1.96. The monoisotopic (exact) mass is 241 g/mol. The standard InChI is InChI=1S/C14H15N3O/c1-11(2)9-17-10-14(8-16-17)18-13-5-3-12(7-15)4-6-13/h3-6,8,10-11H,9H2,1-2H3. The van der Waals surface area contributed by atoms with Crippen molar-refractivity contribution in [3.05, 3.63) is 42.2 Å². The molecule has 0 atom stereocenters. The largest absolute Gasteiger partial charge is 0.454 e. The molecule has 0 aliphatic heterocycles. The van der Waals surface area contributed by atoms with Gasteiger partial charge in [0.05, 0.1) is 24.0 Å². The van der Waals surface area contributed by atoms with Gasteiger partial charge in [0.15, 0.2) is 5.75 Å². The van der Waals surface area contributed by atoms with Gasteiger partial charge in [0.2, 0.25) is 0 Å². The summed E-state index contributed by atoms with van der Waals surface area (Å²) in [5, 5.41) is 12.9. The molecule has 1 heterocycles. The fourth-order valence-electron chi connectivity index (χ4n) is 1.60. The minimum atomic E-state index is 0.549. The predicted octanol–water partition coefficient (Wildman–Crippen LogP) is 3.20. The summed E-state index contributed by atoms with van der Waals surface area (Å²) in [6.45, 7) is 5.16. The molecule has 0 N–H and O–H groups in total. The van der Waals surface area contributed by atoms with Crippen LogP contribution in [0.1, 0.15) is 19.4 Å². The lowest BCUT2D eigenvalue weighted by Crippen LogP contribution is -2.03. The van der Waals surface area contributed by atoms with Crippen LogP contribution in [0.15, 0.2) is 36.7 Å². The second-order valence-electron chi connectivity index (χ2n) is 4.53. The molecule has 0 spiro atoms. The van der Waals surface area contributed by atoms with Crippen molar-refractivity contribution in [1.82, 2.24) is 9.78 Å². The van der Waals surface area contributed by atoms with Gasteiger partial charge >= 0.3 is 0 Å². The molecule has 0 unspecified atom stereocenters. The van der Waals surface area contributed by atoms with E-state index in [0.717, 1.165) is 6.54 Å². The molecule has 0 amide bonds. The molecule has 1 aromatic heterocycles. The van der Waals surface area contributed by atoms with Gasteiger partial charge in [0.1, 0.15) is 5.75 Å². The van der Waals surface area contributed by atoms with Crippen LogP contribution in [0.4, 0.5) is 0 Å². The number of hydrogen-bond donors (Lipinski definition) is 0. The highest BCUT2D eigenvalue weighted by Gasteiger charge is 2.03. The Hall–Kier alpha value is -2.28. The number of hydrogen-bond acceptors (Lipinski definition) is 3. The average molecular weight is 241 g/mol. The molecule has 0 fully saturated rings. The van der Waals surface area contributed by atoms with Crippen molar-refractivity contribution >= 4 is 0 Å². The Kier molecular flexibility index (Phi) is 3.63. The zero-order chi connectivity index (χ0) is 13.0. The van der Waals surface area contributed by atoms with E-state index < -0.39 is 0 Å². The van der Waals surface area contributed by atoms with E-state index in [4.69, 9.17) is 10.00 Å². The van der Waals surface area contributed by atoms with Crippen molar-refractivity contribution < 1.29 is 4.74 Å². The van der Waals surface area contributed by atoms with Gasteiger partial charge in [0.25, 0.3) is 0 Å². The summed E-state index contributed by atoms with van der Waals surface area (Å²) in [7, 11) is 0. The number of ether oxygens (including phenoxy) is 1. The summed E-state index contributed by atoms with van der Waals surface area (Å²) in [4.78, 5) is 0. The van der Waals surface area contributed by atoms with Crippen molar-refractivity contribution in [2.24, 2.45) is 5.92 Å². The number of aromatic nitrogens is 2. The molecule has 0 aliphatic carbocycles. The summed E-state index contributed by atoms with van der Waals surface area (Å²) < 4.78 is 7.51. The average Bonchev–Trinajstić information content (AvgIpc) is 2.76. The van der Waals surface area contributed by atoms with Crippen LogP contribution in [0.3, 0.4) is 0 Å². The molecule has 0 aliphatic rings. The number of nitriles is 1. The normalized spacial score (nSPS) is 10.3. The molecule has 18 heavy (non-hydrogen) atoms. The predicted molar refractivity (Wildman–Crippen MR) is 68.3 cm³/mol. The van der Waals surface area contributed by atoms with Gasteiger partial charge in [-0.2, -0.15) is 10.4 Å². The first-order valence-corrected chi connectivity index (χ1v) is 5.88. The van der Waals surface area contributed by atoms with Crippen LogP contribution in [0.25, 0.3) is 0 Å². The van der Waals surface area contributed by atoms with Crippen molar-refractivity contribution in [2.75, 3.05) is 0 Å². The van der Waals surface area contributed by atoms with Crippen LogP contribution in [-0.4, -0.2) is 9.78 Å². The Morgan fingerprint density at radius 1 is 1.28 bits per heavy atom. The van der Waals surface area contributed by atoms with Crippen molar-refractivity contribution in [1.29, 1.82) is 5.26 Å². The minimum absolute atomic E-state index is 0.549. The highest BCUT2D eigenvalue weighted by Crippen LogP contribution is 2.21. The van der Waals surface area contributed by atoms with Gasteiger partial charge in [-0.05, 0) is 30.2 Å². The van der Waals surface area contributed by atoms with Crippen molar-refractivity contribution in [2.45, 2.75) is 20.4 Å². The third-order valence-electron chi connectivity index (χ3n) is 2.38. The summed E-state index contributed by atoms with van der Waals surface area (Å²) in [6.07, 6.45) is 3.57. The smallest absolute Gasteiger partial charge is 0.165 e. The number of nitrogens with zero attached hydrogens (tertiary/aromatic N) is 3. The Balaban J connectivity index is 2.04. The first-order valence-electron chi connectivity index (χ1n) is 5.88. The van der Waals surface area contributed by atoms with Crippen LogP contribution in [0, 0.1) is 17.2 Å². The lowest BCUT2D eigenvalue weighted by molar-refractivity contribution is 0.468. The van der Waals surface area contributed by atoms with Gasteiger partial charge in [-0.3, -0.25) is 4.68 Å². The lowest BCUT2D eigenvalue weighted by Gasteiger charge is -2.04. The molecule has 2 rings (SSSR count). The van der Waals surface area contributed by atoms with Gasteiger partial charge in [-0.1, -0.05) is 13.8 Å². The molecular weight excluding hydrogens is 226 g/mol. The molecule has 92 valence electrons. The molecule has 4 nitrogen and oxygen atoms in total. The lowest BCUT2D eigenvalue weighted by atomic mass is 10.2. The molecule has 0 radical (unpaired) electrons. The highest BCUT2D eigenvalue weighted by molar-refractivity contribution is 5.36. The number of benzene rings is 1. The SMILES string of the molecule is CC(C)Cn1cc(Oc2ccc(C#N)cc2)cn1. The van der Waals surface area contributed by atoms with E-state index in [2.05, 4.69) is 25.0 Å². The van der Waals surface area contributed by atoms with Gasteiger partial charge in [-0.15, -0.1) is 0 Å². The van der Waals surface area contributed by atoms with Crippen molar-refractivity contribution in [3.8, 4) is 17.6 Å². The molecule has 2 aromatic rings. The van der Waals surface area contributed by atoms with E-state index >= 15 is 0 Å². The van der Waals surface area contributed by atoms with E-state index in [1.807, 2.05) is 10.9 Å². The first kappa shape index (κ1) is 12.2. The van der Waals surface area contributed by atoms with Crippen molar-refractivity contribution in [3.63, 3.8) is 0 Å². The van der Waals surface area contributed by atoms with Gasteiger partial charge in [0, 0.05) is 6.54 Å². The van der Waals surface area contributed by atoms with Crippen LogP contribution >= 0.6 is 0 Å². The molecular formula is C14H15N3O. The first-order chi connectivity index (χ1) is 8.67. The maximum atomic E-state index is 8.70. The Labute approximate surface area is 106 Å². The molecule has 1 aromatic carbocycles. The minimum Gasteiger partial charge on any atom is -0.454 e. The maximum Gasteiger partial charge on any atom is 0.165 e. The molecule has 0 saturated carbocycles. The van der Waals surface area contributed by atoms with E-state index in [1.165, 1.54) is 0 Å². The summed E-state index contributed by atoms with van der Waals surface area (Å²) in [5.41, 5.74) is 0.623. The highest BCUT2D eigenvalue weighted by atomic mass is 16.5. The summed E-state index contributed by atoms with van der Waals surface area (Å²) >= 11 is 0. The zero-order valence-electron chi connectivity index (χ0n) is 10.5. The van der Waals surface area contributed by atoms with E-state index in [1.54, 1.807) is 30.5 Å². The van der Waals surface area contributed by atoms with Crippen LogP contribution in [-0.2, 0) is 6.54 Å². The van der Waals surface area contributed by atoms with Gasteiger partial charge < -0.3 is 4.74 Å². The van der Waals surface area contributed by atoms with Gasteiger partial charge in [-0.25, -0.2) is 0 Å². The van der Waals surface area contributed by atoms with Crippen LogP contribution < -0.4 is 4.74 Å². The maximum absolute atomic E-state index is 8.70. The van der Waals surface area contributed by atoms with E-state index in [0.29, 0.717) is 23.0 Å². The zero-order valence-corrected chi connectivity index (χ0v) is 10.5. The van der Waals surface area contributed by atoms with E-state index in [9.17, 15) is 0 Å². The Morgan fingerprint density at radius 3 is 2.61 bits per heavy atom. The topological polar surface area (TPSA) is 50.8 Å². The van der Waals surface area contributed by atoms with Crippen LogP contribution in [0.2, 0.25) is 0 Å². The van der Waals surface area contributed by atoms with Crippen LogP contribution in [0.5, 0.6) is 11.5 Å². The fraction of sp³-hybridized carbons (Fsp3) is 0.286. The Bertz CT molecular complexity index is 549. The summed E-state index contributed by atoms with van der Waals surface area (Å²) in [6, 6.07) is 9.08. The third kappa shape index (κ3) is 3.11. The fourth-order valence-corrected chi connectivity index (χ4v) is 1.60. The molecule has 0 saturated heterocycles. The second kappa shape index (κ2) is 5.37. The quantitative estimate of drug-likeness (QED) is 0.825. The molecule has 0 bridgehead atoms. The second-order valence-corrected chi connectivity index (χ2v) is 4.53. The molecule has 4 heteroatoms. The third-order valence-corrected chi connectivity index (χ3v) is 2.38. The Morgan fingerprint density at radius 2 is 2.00 bits per heavy atom. The number of rotatable bonds is 4. The van der Waals surface area contributed by atoms with E-state index in [-0.39, 0.29) is 0 Å².